The number of rotatable bonds is 1. The van der Waals surface area contributed by atoms with Crippen LogP contribution < -0.4 is 9.47 Å². The van der Waals surface area contributed by atoms with E-state index >= 15 is 0 Å². The third-order valence-corrected chi connectivity index (χ3v) is 5.71. The van der Waals surface area contributed by atoms with Crippen molar-refractivity contribution in [2.24, 2.45) is 5.92 Å². The summed E-state index contributed by atoms with van der Waals surface area (Å²) in [6.07, 6.45) is 8.37. The standard InChI is InChI=1S/C19H25NO2/c1-13-5-4-8-19-9-10-20(2)12-14-6-7-15(21-3)18(17(14)19)22-16(19)11-13/h4-7,13,16H,8-12H2,1-3H3/t13-,16?,19?/m0/s1. The summed E-state index contributed by atoms with van der Waals surface area (Å²) < 4.78 is 12.1. The van der Waals surface area contributed by atoms with Crippen LogP contribution in [0.15, 0.2) is 24.3 Å². The summed E-state index contributed by atoms with van der Waals surface area (Å²) in [7, 11) is 3.97. The zero-order chi connectivity index (χ0) is 15.3. The molecule has 3 nitrogen and oxygen atoms in total. The molecular formula is C19H25NO2. The second-order valence-electron chi connectivity index (χ2n) is 7.23. The molecule has 2 aliphatic heterocycles. The van der Waals surface area contributed by atoms with Gasteiger partial charge in [-0.2, -0.15) is 0 Å². The maximum atomic E-state index is 6.51. The highest BCUT2D eigenvalue weighted by Gasteiger charge is 2.52. The molecule has 0 N–H and O–H groups in total. The third-order valence-electron chi connectivity index (χ3n) is 5.71. The van der Waals surface area contributed by atoms with Crippen LogP contribution in [0.5, 0.6) is 11.5 Å². The molecule has 3 aliphatic rings. The lowest BCUT2D eigenvalue weighted by molar-refractivity contribution is 0.115. The smallest absolute Gasteiger partial charge is 0.165 e. The molecule has 0 fully saturated rings. The van der Waals surface area contributed by atoms with Gasteiger partial charge in [0.2, 0.25) is 0 Å². The molecular weight excluding hydrogens is 274 g/mol. The summed E-state index contributed by atoms with van der Waals surface area (Å²) in [5.74, 6) is 2.49. The van der Waals surface area contributed by atoms with Crippen molar-refractivity contribution < 1.29 is 9.47 Å². The molecule has 0 radical (unpaired) electrons. The molecule has 0 amide bonds. The lowest BCUT2D eigenvalue weighted by Gasteiger charge is -2.33. The van der Waals surface area contributed by atoms with Crippen LogP contribution in [0.3, 0.4) is 0 Å². The van der Waals surface area contributed by atoms with Crippen LogP contribution in [0.2, 0.25) is 0 Å². The minimum Gasteiger partial charge on any atom is -0.493 e. The second kappa shape index (κ2) is 5.02. The normalized spacial score (nSPS) is 33.4. The third kappa shape index (κ3) is 1.91. The van der Waals surface area contributed by atoms with Crippen LogP contribution in [0.25, 0.3) is 0 Å². The topological polar surface area (TPSA) is 21.7 Å². The molecule has 2 unspecified atom stereocenters. The number of methoxy groups -OCH3 is 1. The molecule has 0 aromatic heterocycles. The fraction of sp³-hybridized carbons (Fsp3) is 0.579. The molecule has 1 aliphatic carbocycles. The van der Waals surface area contributed by atoms with Crippen molar-refractivity contribution in [2.45, 2.75) is 44.2 Å². The minimum atomic E-state index is 0.130. The number of hydrogen-bond acceptors (Lipinski definition) is 3. The van der Waals surface area contributed by atoms with Crippen molar-refractivity contribution in [3.8, 4) is 11.5 Å². The summed E-state index contributed by atoms with van der Waals surface area (Å²) in [5, 5.41) is 0. The van der Waals surface area contributed by atoms with Crippen molar-refractivity contribution in [3.63, 3.8) is 0 Å². The monoisotopic (exact) mass is 299 g/mol. The predicted octanol–water partition coefficient (Wildman–Crippen LogP) is 3.52. The first-order chi connectivity index (χ1) is 10.6. The first-order valence-corrected chi connectivity index (χ1v) is 8.36. The van der Waals surface area contributed by atoms with E-state index in [4.69, 9.17) is 9.47 Å². The van der Waals surface area contributed by atoms with Crippen LogP contribution in [-0.4, -0.2) is 31.7 Å². The number of allylic oxidation sites excluding steroid dienone is 2. The highest BCUT2D eigenvalue weighted by molar-refractivity contribution is 5.59. The minimum absolute atomic E-state index is 0.130. The van der Waals surface area contributed by atoms with Crippen LogP contribution in [0.4, 0.5) is 0 Å². The highest BCUT2D eigenvalue weighted by Crippen LogP contribution is 2.56. The lowest BCUT2D eigenvalue weighted by Crippen LogP contribution is -2.39. The average molecular weight is 299 g/mol. The first-order valence-electron chi connectivity index (χ1n) is 8.36. The summed E-state index contributed by atoms with van der Waals surface area (Å²) in [6.45, 7) is 4.42. The Morgan fingerprint density at radius 2 is 2.23 bits per heavy atom. The molecule has 1 aromatic rings. The number of hydrogen-bond donors (Lipinski definition) is 0. The van der Waals surface area contributed by atoms with E-state index in [9.17, 15) is 0 Å². The Kier molecular flexibility index (Phi) is 3.23. The molecule has 2 heterocycles. The van der Waals surface area contributed by atoms with Crippen molar-refractivity contribution >= 4 is 0 Å². The van der Waals surface area contributed by atoms with Gasteiger partial charge in [-0.05, 0) is 50.4 Å². The maximum absolute atomic E-state index is 6.51. The van der Waals surface area contributed by atoms with Crippen molar-refractivity contribution in [1.82, 2.24) is 4.90 Å². The van der Waals surface area contributed by atoms with Gasteiger partial charge < -0.3 is 14.4 Å². The van der Waals surface area contributed by atoms with Gasteiger partial charge in [0.05, 0.1) is 7.11 Å². The Balaban J connectivity index is 1.92. The molecule has 1 aromatic carbocycles. The maximum Gasteiger partial charge on any atom is 0.165 e. The zero-order valence-corrected chi connectivity index (χ0v) is 13.8. The van der Waals surface area contributed by atoms with Gasteiger partial charge in [0.25, 0.3) is 0 Å². The Labute approximate surface area is 132 Å². The number of nitrogens with zero attached hydrogens (tertiary/aromatic N) is 1. The molecule has 0 saturated heterocycles. The first kappa shape index (κ1) is 14.1. The van der Waals surface area contributed by atoms with Gasteiger partial charge in [0, 0.05) is 17.5 Å². The largest absolute Gasteiger partial charge is 0.493 e. The van der Waals surface area contributed by atoms with E-state index < -0.39 is 0 Å². The lowest BCUT2D eigenvalue weighted by atomic mass is 9.70. The number of benzene rings is 1. The summed E-state index contributed by atoms with van der Waals surface area (Å²) in [4.78, 5) is 2.43. The van der Waals surface area contributed by atoms with Gasteiger partial charge in [-0.1, -0.05) is 25.1 Å². The molecule has 22 heavy (non-hydrogen) atoms. The number of ether oxygens (including phenoxy) is 2. The van der Waals surface area contributed by atoms with E-state index in [1.807, 2.05) is 0 Å². The van der Waals surface area contributed by atoms with Crippen molar-refractivity contribution in [2.75, 3.05) is 20.7 Å². The van der Waals surface area contributed by atoms with E-state index in [2.05, 4.69) is 43.2 Å². The molecule has 0 bridgehead atoms. The van der Waals surface area contributed by atoms with Crippen LogP contribution >= 0.6 is 0 Å². The van der Waals surface area contributed by atoms with E-state index in [-0.39, 0.29) is 11.5 Å². The van der Waals surface area contributed by atoms with Gasteiger partial charge in [0.1, 0.15) is 6.10 Å². The Morgan fingerprint density at radius 1 is 1.36 bits per heavy atom. The van der Waals surface area contributed by atoms with Gasteiger partial charge in [-0.3, -0.25) is 0 Å². The Hall–Kier alpha value is -1.48. The molecule has 3 heteroatoms. The highest BCUT2D eigenvalue weighted by atomic mass is 16.5. The molecule has 3 atom stereocenters. The van der Waals surface area contributed by atoms with Crippen molar-refractivity contribution in [3.05, 3.63) is 35.4 Å². The summed E-state index contributed by atoms with van der Waals surface area (Å²) in [5.41, 5.74) is 2.98. The Bertz CT molecular complexity index is 624. The van der Waals surface area contributed by atoms with E-state index in [0.717, 1.165) is 37.4 Å². The van der Waals surface area contributed by atoms with Gasteiger partial charge in [-0.25, -0.2) is 0 Å². The SMILES string of the molecule is COc1ccc2c3c1OC1C[C@@H](C)C=CCC31CCN(C)C2. The van der Waals surface area contributed by atoms with E-state index in [1.54, 1.807) is 7.11 Å². The second-order valence-corrected chi connectivity index (χ2v) is 7.23. The van der Waals surface area contributed by atoms with Crippen molar-refractivity contribution in [1.29, 1.82) is 0 Å². The van der Waals surface area contributed by atoms with Crippen LogP contribution in [0.1, 0.15) is 37.3 Å². The van der Waals surface area contributed by atoms with Gasteiger partial charge in [-0.15, -0.1) is 0 Å². The predicted molar refractivity (Wildman–Crippen MR) is 87.6 cm³/mol. The summed E-state index contributed by atoms with van der Waals surface area (Å²) in [6, 6.07) is 4.32. The van der Waals surface area contributed by atoms with Gasteiger partial charge in [0.15, 0.2) is 11.5 Å². The quantitative estimate of drug-likeness (QED) is 0.741. The van der Waals surface area contributed by atoms with E-state index in [1.165, 1.54) is 17.5 Å². The molecule has 4 rings (SSSR count). The average Bonchev–Trinajstić information content (AvgIpc) is 2.62. The fourth-order valence-corrected chi connectivity index (χ4v) is 4.56. The van der Waals surface area contributed by atoms with E-state index in [0.29, 0.717) is 5.92 Å². The van der Waals surface area contributed by atoms with Gasteiger partial charge >= 0.3 is 0 Å². The molecule has 0 saturated carbocycles. The van der Waals surface area contributed by atoms with Crippen LogP contribution in [-0.2, 0) is 12.0 Å². The molecule has 118 valence electrons. The van der Waals surface area contributed by atoms with Crippen LogP contribution in [0, 0.1) is 5.92 Å². The fourth-order valence-electron chi connectivity index (χ4n) is 4.56. The zero-order valence-electron chi connectivity index (χ0n) is 13.8. The molecule has 1 spiro atoms. The summed E-state index contributed by atoms with van der Waals surface area (Å²) >= 11 is 0. The Morgan fingerprint density at radius 3 is 3.05 bits per heavy atom.